The van der Waals surface area contributed by atoms with E-state index in [0.29, 0.717) is 12.5 Å². The molecule has 23 heavy (non-hydrogen) atoms. The molecule has 0 aromatic carbocycles. The van der Waals surface area contributed by atoms with E-state index in [0.717, 1.165) is 38.1 Å². The molecule has 1 heterocycles. The number of rotatable bonds is 8. The van der Waals surface area contributed by atoms with Crippen LogP contribution in [0.2, 0.25) is 0 Å². The first kappa shape index (κ1) is 17.4. The van der Waals surface area contributed by atoms with Gasteiger partial charge in [-0.15, -0.1) is 0 Å². The minimum atomic E-state index is -0.557. The van der Waals surface area contributed by atoms with Crippen molar-refractivity contribution in [2.75, 3.05) is 26.4 Å². The van der Waals surface area contributed by atoms with Gasteiger partial charge in [0.05, 0.1) is 19.8 Å². The van der Waals surface area contributed by atoms with Gasteiger partial charge in [0.25, 0.3) is 0 Å². The van der Waals surface area contributed by atoms with Crippen LogP contribution in [0.3, 0.4) is 0 Å². The highest BCUT2D eigenvalue weighted by Crippen LogP contribution is 2.43. The standard InChI is InChI=1S/C20H34O3/c1-4-6-9-20(5-2)14-22-19(3,23-15-20)13-21-12-18-11-16-7-8-17(18)10-16/h7-8,16-18H,4-6,9-15H2,1-3H3. The Morgan fingerprint density at radius 2 is 1.91 bits per heavy atom. The van der Waals surface area contributed by atoms with Crippen LogP contribution >= 0.6 is 0 Å². The van der Waals surface area contributed by atoms with Gasteiger partial charge in [0.15, 0.2) is 5.79 Å². The predicted molar refractivity (Wildman–Crippen MR) is 92.2 cm³/mol. The third kappa shape index (κ3) is 4.00. The highest BCUT2D eigenvalue weighted by molar-refractivity contribution is 5.10. The van der Waals surface area contributed by atoms with Gasteiger partial charge in [0.2, 0.25) is 0 Å². The maximum atomic E-state index is 6.13. The highest BCUT2D eigenvalue weighted by atomic mass is 16.7. The van der Waals surface area contributed by atoms with Crippen molar-refractivity contribution in [1.29, 1.82) is 0 Å². The Bertz CT molecular complexity index is 409. The summed E-state index contributed by atoms with van der Waals surface area (Å²) in [4.78, 5) is 0. The van der Waals surface area contributed by atoms with Crippen LogP contribution in [0.4, 0.5) is 0 Å². The van der Waals surface area contributed by atoms with Gasteiger partial charge < -0.3 is 14.2 Å². The lowest BCUT2D eigenvalue weighted by Crippen LogP contribution is -2.50. The number of allylic oxidation sites excluding steroid dienone is 2. The molecule has 132 valence electrons. The van der Waals surface area contributed by atoms with Crippen LogP contribution in [0, 0.1) is 23.2 Å². The first-order valence-electron chi connectivity index (χ1n) is 9.62. The summed E-state index contributed by atoms with van der Waals surface area (Å²) in [5.74, 6) is 1.72. The van der Waals surface area contributed by atoms with Gasteiger partial charge in [-0.2, -0.15) is 0 Å². The Morgan fingerprint density at radius 1 is 1.13 bits per heavy atom. The molecule has 0 aromatic rings. The molecule has 1 aliphatic heterocycles. The summed E-state index contributed by atoms with van der Waals surface area (Å²) < 4.78 is 18.3. The van der Waals surface area contributed by atoms with Crippen LogP contribution in [0.15, 0.2) is 12.2 Å². The molecule has 0 aromatic heterocycles. The summed E-state index contributed by atoms with van der Waals surface area (Å²) in [6.45, 7) is 9.55. The Labute approximate surface area is 141 Å². The lowest BCUT2D eigenvalue weighted by molar-refractivity contribution is -0.313. The molecular formula is C20H34O3. The second kappa shape index (κ2) is 7.25. The average Bonchev–Trinajstić information content (AvgIpc) is 3.18. The van der Waals surface area contributed by atoms with Crippen molar-refractivity contribution in [3.05, 3.63) is 12.2 Å². The minimum absolute atomic E-state index is 0.213. The fourth-order valence-electron chi connectivity index (χ4n) is 4.34. The highest BCUT2D eigenvalue weighted by Gasteiger charge is 2.41. The maximum Gasteiger partial charge on any atom is 0.188 e. The smallest absolute Gasteiger partial charge is 0.188 e. The summed E-state index contributed by atoms with van der Waals surface area (Å²) in [7, 11) is 0. The number of ether oxygens (including phenoxy) is 3. The Hall–Kier alpha value is -0.380. The average molecular weight is 322 g/mol. The summed E-state index contributed by atoms with van der Waals surface area (Å²) in [5.41, 5.74) is 0.213. The molecule has 2 aliphatic carbocycles. The summed E-state index contributed by atoms with van der Waals surface area (Å²) in [5, 5.41) is 0. The molecule has 0 spiro atoms. The van der Waals surface area contributed by atoms with E-state index in [1.807, 2.05) is 6.92 Å². The van der Waals surface area contributed by atoms with Crippen molar-refractivity contribution in [1.82, 2.24) is 0 Å². The van der Waals surface area contributed by atoms with Crippen LogP contribution in [-0.4, -0.2) is 32.2 Å². The molecule has 3 rings (SSSR count). The van der Waals surface area contributed by atoms with Gasteiger partial charge in [0, 0.05) is 5.41 Å². The van der Waals surface area contributed by atoms with Gasteiger partial charge in [-0.3, -0.25) is 0 Å². The molecule has 3 aliphatic rings. The minimum Gasteiger partial charge on any atom is -0.376 e. The van der Waals surface area contributed by atoms with Crippen molar-refractivity contribution < 1.29 is 14.2 Å². The van der Waals surface area contributed by atoms with E-state index in [1.54, 1.807) is 0 Å². The van der Waals surface area contributed by atoms with Crippen LogP contribution < -0.4 is 0 Å². The van der Waals surface area contributed by atoms with E-state index in [2.05, 4.69) is 26.0 Å². The van der Waals surface area contributed by atoms with Gasteiger partial charge in [-0.25, -0.2) is 0 Å². The fourth-order valence-corrected chi connectivity index (χ4v) is 4.34. The third-order valence-corrected chi connectivity index (χ3v) is 6.29. The first-order valence-corrected chi connectivity index (χ1v) is 9.62. The fraction of sp³-hybridized carbons (Fsp3) is 0.900. The van der Waals surface area contributed by atoms with Crippen molar-refractivity contribution in [2.45, 2.75) is 65.1 Å². The molecule has 3 heteroatoms. The van der Waals surface area contributed by atoms with Crippen LogP contribution in [0.1, 0.15) is 59.3 Å². The predicted octanol–water partition coefficient (Wildman–Crippen LogP) is 4.56. The van der Waals surface area contributed by atoms with Crippen LogP contribution in [0.25, 0.3) is 0 Å². The second-order valence-electron chi connectivity index (χ2n) is 8.22. The van der Waals surface area contributed by atoms with E-state index >= 15 is 0 Å². The van der Waals surface area contributed by atoms with Crippen molar-refractivity contribution >= 4 is 0 Å². The van der Waals surface area contributed by atoms with E-state index in [-0.39, 0.29) is 5.41 Å². The molecule has 0 radical (unpaired) electrons. The topological polar surface area (TPSA) is 27.7 Å². The lowest BCUT2D eigenvalue weighted by atomic mass is 9.81. The molecule has 0 N–H and O–H groups in total. The molecule has 2 fully saturated rings. The van der Waals surface area contributed by atoms with Crippen LogP contribution in [-0.2, 0) is 14.2 Å². The SMILES string of the molecule is CCCCC1(CC)COC(C)(COCC2CC3C=CC2C3)OC1. The van der Waals surface area contributed by atoms with E-state index in [4.69, 9.17) is 14.2 Å². The van der Waals surface area contributed by atoms with Crippen molar-refractivity contribution in [3.8, 4) is 0 Å². The lowest BCUT2D eigenvalue weighted by Gasteiger charge is -2.44. The molecule has 0 amide bonds. The summed E-state index contributed by atoms with van der Waals surface area (Å²) >= 11 is 0. The van der Waals surface area contributed by atoms with Gasteiger partial charge in [-0.05, 0) is 50.4 Å². The first-order chi connectivity index (χ1) is 11.1. The van der Waals surface area contributed by atoms with Gasteiger partial charge >= 0.3 is 0 Å². The molecule has 3 nitrogen and oxygen atoms in total. The number of unbranched alkanes of at least 4 members (excludes halogenated alkanes) is 1. The third-order valence-electron chi connectivity index (χ3n) is 6.29. The van der Waals surface area contributed by atoms with E-state index in [1.165, 1.54) is 32.1 Å². The largest absolute Gasteiger partial charge is 0.376 e. The molecule has 3 atom stereocenters. The molecular weight excluding hydrogens is 288 g/mol. The summed E-state index contributed by atoms with van der Waals surface area (Å²) in [6, 6.07) is 0. The normalized spacial score (nSPS) is 42.5. The molecule has 1 saturated carbocycles. The molecule has 3 unspecified atom stereocenters. The second-order valence-corrected chi connectivity index (χ2v) is 8.22. The molecule has 1 saturated heterocycles. The zero-order valence-corrected chi connectivity index (χ0v) is 15.2. The molecule has 2 bridgehead atoms. The quantitative estimate of drug-likeness (QED) is 0.613. The van der Waals surface area contributed by atoms with Crippen molar-refractivity contribution in [2.24, 2.45) is 23.2 Å². The number of fused-ring (bicyclic) bond motifs is 2. The number of hydrogen-bond acceptors (Lipinski definition) is 3. The summed E-state index contributed by atoms with van der Waals surface area (Å²) in [6.07, 6.45) is 12.2. The van der Waals surface area contributed by atoms with Crippen LogP contribution in [0.5, 0.6) is 0 Å². The zero-order valence-electron chi connectivity index (χ0n) is 15.2. The van der Waals surface area contributed by atoms with E-state index in [9.17, 15) is 0 Å². The maximum absolute atomic E-state index is 6.13. The monoisotopic (exact) mass is 322 g/mol. The Morgan fingerprint density at radius 3 is 2.48 bits per heavy atom. The Kier molecular flexibility index (Phi) is 5.49. The van der Waals surface area contributed by atoms with Crippen molar-refractivity contribution in [3.63, 3.8) is 0 Å². The zero-order chi connectivity index (χ0) is 16.3. The Balaban J connectivity index is 1.41. The number of hydrogen-bond donors (Lipinski definition) is 0. The van der Waals surface area contributed by atoms with Gasteiger partial charge in [-0.1, -0.05) is 38.8 Å². The van der Waals surface area contributed by atoms with Gasteiger partial charge in [0.1, 0.15) is 6.61 Å². The van der Waals surface area contributed by atoms with E-state index < -0.39 is 5.79 Å².